The standard InChI is InChI=1S/C22H24N4O4.2C2HF3O2/c1-29-18-4-2-15-11-23-20(9-16(15)8-18)22(28)26-19-5-3-14(17-12-24-25-13-17)10-21(19)30-7-6-27;2*3-2(4,5)1(6)7/h2-5,8,10,12-13,20,23,27H,6-7,9,11H2,1H3,(H,24,25)(H,26,28);2*(H,6,7)/t20-;;/m1../s1. The van der Waals surface area contributed by atoms with Crippen LogP contribution in [0.1, 0.15) is 11.1 Å². The van der Waals surface area contributed by atoms with Crippen molar-refractivity contribution in [1.82, 2.24) is 15.5 Å². The maximum Gasteiger partial charge on any atom is 0.490 e. The number of aliphatic hydroxyl groups excluding tert-OH is 1. The SMILES string of the molecule is COc1ccc2c(c1)C[C@H](C(=O)Nc1ccc(-c3cn[nH]c3)cc1OCCO)NC2.O=C(O)C(F)(F)F.O=C(O)C(F)(F)F. The average Bonchev–Trinajstić information content (AvgIpc) is 3.51. The first kappa shape index (κ1) is 35.4. The molecule has 1 aliphatic heterocycles. The maximum absolute atomic E-state index is 12.9. The van der Waals surface area contributed by atoms with Crippen molar-refractivity contribution in [2.75, 3.05) is 25.6 Å². The number of anilines is 1. The van der Waals surface area contributed by atoms with Crippen LogP contribution in [0.5, 0.6) is 11.5 Å². The van der Waals surface area contributed by atoms with E-state index in [2.05, 4.69) is 20.8 Å². The molecule has 3 aromatic rings. The molecule has 1 amide bonds. The number of aliphatic carboxylic acids is 2. The molecule has 0 unspecified atom stereocenters. The van der Waals surface area contributed by atoms with Crippen LogP contribution in [0.3, 0.4) is 0 Å². The molecule has 4 rings (SSSR count). The third kappa shape index (κ3) is 10.8. The Morgan fingerprint density at radius 1 is 0.977 bits per heavy atom. The van der Waals surface area contributed by atoms with Crippen molar-refractivity contribution in [1.29, 1.82) is 0 Å². The van der Waals surface area contributed by atoms with Gasteiger partial charge in [0.15, 0.2) is 0 Å². The predicted molar refractivity (Wildman–Crippen MR) is 140 cm³/mol. The molecule has 0 aliphatic carbocycles. The van der Waals surface area contributed by atoms with Crippen molar-refractivity contribution in [3.63, 3.8) is 0 Å². The van der Waals surface area contributed by atoms with Crippen LogP contribution < -0.4 is 20.1 Å². The van der Waals surface area contributed by atoms with E-state index in [0.717, 1.165) is 28.0 Å². The number of nitrogens with zero attached hydrogens (tertiary/aromatic N) is 1. The van der Waals surface area contributed by atoms with Crippen molar-refractivity contribution >= 4 is 23.5 Å². The smallest absolute Gasteiger partial charge is 0.490 e. The van der Waals surface area contributed by atoms with Crippen LogP contribution in [0, 0.1) is 0 Å². The quantitative estimate of drug-likeness (QED) is 0.210. The Balaban J connectivity index is 0.000000402. The number of hydrogen-bond donors (Lipinski definition) is 6. The first-order chi connectivity index (χ1) is 20.6. The van der Waals surface area contributed by atoms with Gasteiger partial charge in [0.1, 0.15) is 18.1 Å². The number of H-pyrrole nitrogens is 1. The number of fused-ring (bicyclic) bond motifs is 1. The molecule has 2 heterocycles. The van der Waals surface area contributed by atoms with E-state index in [-0.39, 0.29) is 25.2 Å². The van der Waals surface area contributed by atoms with Gasteiger partial charge >= 0.3 is 24.3 Å². The highest BCUT2D eigenvalue weighted by molar-refractivity contribution is 5.97. The molecule has 0 fully saturated rings. The number of carbonyl (C=O) groups excluding carboxylic acids is 1. The fourth-order valence-corrected chi connectivity index (χ4v) is 3.51. The molecule has 2 aromatic carbocycles. The number of halogens is 6. The van der Waals surface area contributed by atoms with Crippen LogP contribution in [-0.2, 0) is 27.3 Å². The van der Waals surface area contributed by atoms with Gasteiger partial charge in [-0.2, -0.15) is 31.4 Å². The molecule has 0 saturated carbocycles. The van der Waals surface area contributed by atoms with Gasteiger partial charge < -0.3 is 35.4 Å². The summed E-state index contributed by atoms with van der Waals surface area (Å²) >= 11 is 0. The number of hydrogen-bond acceptors (Lipinski definition) is 8. The second-order valence-electron chi connectivity index (χ2n) is 8.64. The zero-order valence-corrected chi connectivity index (χ0v) is 22.6. The molecule has 18 heteroatoms. The van der Waals surface area contributed by atoms with Crippen LogP contribution in [0.15, 0.2) is 48.8 Å². The summed E-state index contributed by atoms with van der Waals surface area (Å²) in [7, 11) is 1.63. The molecular formula is C26H26F6N4O8. The van der Waals surface area contributed by atoms with Gasteiger partial charge in [-0.15, -0.1) is 0 Å². The molecule has 0 saturated heterocycles. The number of rotatable bonds is 7. The summed E-state index contributed by atoms with van der Waals surface area (Å²) in [5, 5.41) is 36.4. The topological polar surface area (TPSA) is 183 Å². The van der Waals surface area contributed by atoms with Crippen molar-refractivity contribution in [3.8, 4) is 22.6 Å². The zero-order valence-electron chi connectivity index (χ0n) is 22.6. The summed E-state index contributed by atoms with van der Waals surface area (Å²) in [6, 6.07) is 11.1. The fourth-order valence-electron chi connectivity index (χ4n) is 3.51. The number of alkyl halides is 6. The summed E-state index contributed by atoms with van der Waals surface area (Å²) in [5.41, 5.74) is 4.61. The number of carboxylic acid groups (broad SMARTS) is 2. The van der Waals surface area contributed by atoms with Gasteiger partial charge in [0, 0.05) is 18.3 Å². The normalized spacial score (nSPS) is 14.0. The Hall–Kier alpha value is -4.84. The van der Waals surface area contributed by atoms with Crippen molar-refractivity contribution < 1.29 is 65.5 Å². The summed E-state index contributed by atoms with van der Waals surface area (Å²) in [5.74, 6) is -4.38. The summed E-state index contributed by atoms with van der Waals surface area (Å²) in [4.78, 5) is 30.7. The van der Waals surface area contributed by atoms with Crippen LogP contribution in [-0.4, -0.2) is 82.1 Å². The van der Waals surface area contributed by atoms with E-state index in [1.807, 2.05) is 30.3 Å². The van der Waals surface area contributed by atoms with E-state index in [0.29, 0.717) is 24.4 Å². The molecule has 240 valence electrons. The van der Waals surface area contributed by atoms with E-state index < -0.39 is 24.3 Å². The minimum absolute atomic E-state index is 0.119. The van der Waals surface area contributed by atoms with Gasteiger partial charge in [0.2, 0.25) is 5.91 Å². The van der Waals surface area contributed by atoms with Crippen molar-refractivity contribution in [3.05, 3.63) is 59.9 Å². The van der Waals surface area contributed by atoms with Crippen molar-refractivity contribution in [2.24, 2.45) is 0 Å². The Morgan fingerprint density at radius 3 is 2.14 bits per heavy atom. The minimum atomic E-state index is -5.08. The number of amides is 1. The zero-order chi connectivity index (χ0) is 33.1. The minimum Gasteiger partial charge on any atom is -0.497 e. The molecule has 0 bridgehead atoms. The van der Waals surface area contributed by atoms with E-state index >= 15 is 0 Å². The molecule has 1 aliphatic rings. The number of nitrogens with one attached hydrogen (secondary N) is 3. The number of methoxy groups -OCH3 is 1. The van der Waals surface area contributed by atoms with Crippen LogP contribution in [0.2, 0.25) is 0 Å². The van der Waals surface area contributed by atoms with Crippen LogP contribution in [0.4, 0.5) is 32.0 Å². The maximum atomic E-state index is 12.9. The Morgan fingerprint density at radius 2 is 1.61 bits per heavy atom. The molecule has 1 atom stereocenters. The van der Waals surface area contributed by atoms with Gasteiger partial charge in [-0.05, 0) is 47.4 Å². The number of carboxylic acids is 2. The third-order valence-corrected chi connectivity index (χ3v) is 5.60. The number of aromatic amines is 1. The largest absolute Gasteiger partial charge is 0.497 e. The van der Waals surface area contributed by atoms with Crippen LogP contribution in [0.25, 0.3) is 11.1 Å². The highest BCUT2D eigenvalue weighted by Crippen LogP contribution is 2.31. The molecule has 1 aromatic heterocycles. The molecule has 44 heavy (non-hydrogen) atoms. The molecule has 0 spiro atoms. The molecule has 12 nitrogen and oxygen atoms in total. The highest BCUT2D eigenvalue weighted by Gasteiger charge is 2.38. The predicted octanol–water partition coefficient (Wildman–Crippen LogP) is 3.38. The highest BCUT2D eigenvalue weighted by atomic mass is 19.4. The van der Waals surface area contributed by atoms with E-state index in [9.17, 15) is 31.1 Å². The van der Waals surface area contributed by atoms with Gasteiger partial charge in [-0.1, -0.05) is 12.1 Å². The lowest BCUT2D eigenvalue weighted by Gasteiger charge is -2.26. The van der Waals surface area contributed by atoms with E-state index in [1.165, 1.54) is 0 Å². The number of ether oxygens (including phenoxy) is 2. The van der Waals surface area contributed by atoms with Gasteiger partial charge in [0.25, 0.3) is 0 Å². The lowest BCUT2D eigenvalue weighted by Crippen LogP contribution is -2.44. The van der Waals surface area contributed by atoms with Gasteiger partial charge in [-0.3, -0.25) is 9.89 Å². The monoisotopic (exact) mass is 636 g/mol. The summed E-state index contributed by atoms with van der Waals surface area (Å²) < 4.78 is 74.4. The first-order valence-corrected chi connectivity index (χ1v) is 12.2. The van der Waals surface area contributed by atoms with Gasteiger partial charge in [0.05, 0.1) is 31.6 Å². The van der Waals surface area contributed by atoms with E-state index in [1.54, 1.807) is 25.6 Å². The second kappa shape index (κ2) is 15.6. The number of aliphatic hydroxyl groups is 1. The first-order valence-electron chi connectivity index (χ1n) is 12.2. The lowest BCUT2D eigenvalue weighted by atomic mass is 9.95. The lowest BCUT2D eigenvalue weighted by molar-refractivity contribution is -0.193. The molecular weight excluding hydrogens is 610 g/mol. The van der Waals surface area contributed by atoms with E-state index in [4.69, 9.17) is 34.4 Å². The molecule has 0 radical (unpaired) electrons. The summed E-state index contributed by atoms with van der Waals surface area (Å²) in [6.45, 7) is 0.628. The van der Waals surface area contributed by atoms with Crippen LogP contribution >= 0.6 is 0 Å². The fraction of sp³-hybridized carbons (Fsp3) is 0.308. The number of carbonyl (C=O) groups is 3. The van der Waals surface area contributed by atoms with Crippen molar-refractivity contribution in [2.45, 2.75) is 31.4 Å². The Kier molecular flexibility index (Phi) is 12.5. The average molecular weight is 637 g/mol. The summed E-state index contributed by atoms with van der Waals surface area (Å²) in [6.07, 6.45) is -6.11. The Labute approximate surface area is 244 Å². The number of aromatic nitrogens is 2. The third-order valence-electron chi connectivity index (χ3n) is 5.60. The Bertz CT molecular complexity index is 1390. The van der Waals surface area contributed by atoms with Gasteiger partial charge in [-0.25, -0.2) is 9.59 Å². The number of benzene rings is 2. The molecule has 6 N–H and O–H groups in total. The second-order valence-corrected chi connectivity index (χ2v) is 8.64.